The van der Waals surface area contributed by atoms with Crippen molar-refractivity contribution in [2.75, 3.05) is 20.3 Å². The molecule has 1 aliphatic heterocycles. The van der Waals surface area contributed by atoms with Crippen LogP contribution in [0, 0.1) is 0 Å². The summed E-state index contributed by atoms with van der Waals surface area (Å²) in [5.74, 6) is 0.610. The van der Waals surface area contributed by atoms with Crippen molar-refractivity contribution in [3.8, 4) is 5.88 Å². The molecule has 1 atom stereocenters. The van der Waals surface area contributed by atoms with Gasteiger partial charge < -0.3 is 14.8 Å². The van der Waals surface area contributed by atoms with Gasteiger partial charge in [-0.05, 0) is 31.9 Å². The summed E-state index contributed by atoms with van der Waals surface area (Å²) >= 11 is 6.04. The Bertz CT molecular complexity index is 381. The lowest BCUT2D eigenvalue weighted by Gasteiger charge is -2.22. The van der Waals surface area contributed by atoms with Crippen LogP contribution < -0.4 is 10.1 Å². The predicted molar refractivity (Wildman–Crippen MR) is 71.1 cm³/mol. The zero-order valence-corrected chi connectivity index (χ0v) is 11.4. The van der Waals surface area contributed by atoms with E-state index in [4.69, 9.17) is 21.1 Å². The highest BCUT2D eigenvalue weighted by Gasteiger charge is 2.15. The fourth-order valence-electron chi connectivity index (χ4n) is 1.98. The van der Waals surface area contributed by atoms with Gasteiger partial charge in [-0.2, -0.15) is 0 Å². The van der Waals surface area contributed by atoms with E-state index in [9.17, 15) is 0 Å². The molecular formula is C13H19ClN2O2. The molecule has 1 unspecified atom stereocenters. The van der Waals surface area contributed by atoms with Crippen molar-refractivity contribution in [2.24, 2.45) is 0 Å². The minimum Gasteiger partial charge on any atom is -0.475 e. The van der Waals surface area contributed by atoms with Crippen LogP contribution in [0.4, 0.5) is 0 Å². The summed E-state index contributed by atoms with van der Waals surface area (Å²) in [5, 5.41) is 3.72. The van der Waals surface area contributed by atoms with Gasteiger partial charge in [0.25, 0.3) is 0 Å². The van der Waals surface area contributed by atoms with Crippen LogP contribution in [0.2, 0.25) is 5.02 Å². The van der Waals surface area contributed by atoms with E-state index < -0.39 is 0 Å². The van der Waals surface area contributed by atoms with Crippen LogP contribution in [0.5, 0.6) is 5.88 Å². The quantitative estimate of drug-likeness (QED) is 0.892. The Hall–Kier alpha value is -0.840. The maximum absolute atomic E-state index is 6.04. The third kappa shape index (κ3) is 3.83. The Labute approximate surface area is 113 Å². The molecule has 4 nitrogen and oxygen atoms in total. The first kappa shape index (κ1) is 13.6. The molecule has 0 radical (unpaired) electrons. The van der Waals surface area contributed by atoms with Crippen LogP contribution in [0.3, 0.4) is 0 Å². The predicted octanol–water partition coefficient (Wildman–Crippen LogP) is 2.40. The summed E-state index contributed by atoms with van der Waals surface area (Å²) in [4.78, 5) is 4.17. The van der Waals surface area contributed by atoms with E-state index in [1.54, 1.807) is 6.20 Å². The molecule has 1 aromatic rings. The highest BCUT2D eigenvalue weighted by atomic mass is 35.5. The normalized spacial score (nSPS) is 19.8. The van der Waals surface area contributed by atoms with Gasteiger partial charge in [-0.15, -0.1) is 0 Å². The summed E-state index contributed by atoms with van der Waals surface area (Å²) in [6.07, 6.45) is 5.26. The summed E-state index contributed by atoms with van der Waals surface area (Å²) in [7, 11) is 1.88. The van der Waals surface area contributed by atoms with Gasteiger partial charge in [0, 0.05) is 25.4 Å². The molecular weight excluding hydrogens is 252 g/mol. The van der Waals surface area contributed by atoms with Crippen LogP contribution in [-0.2, 0) is 11.3 Å². The number of nitrogens with one attached hydrogen (secondary N) is 1. The van der Waals surface area contributed by atoms with Crippen molar-refractivity contribution < 1.29 is 9.47 Å². The number of nitrogens with zero attached hydrogens (tertiary/aromatic N) is 1. The average molecular weight is 271 g/mol. The highest BCUT2D eigenvalue weighted by molar-refractivity contribution is 6.31. The maximum atomic E-state index is 6.04. The lowest BCUT2D eigenvalue weighted by atomic mass is 10.1. The molecule has 0 amide bonds. The maximum Gasteiger partial charge on any atom is 0.213 e. The SMILES string of the molecule is CNCc1cc(OCC2CCCCO2)ncc1Cl. The van der Waals surface area contributed by atoms with Crippen LogP contribution in [-0.4, -0.2) is 31.3 Å². The fourth-order valence-corrected chi connectivity index (χ4v) is 2.15. The number of ether oxygens (including phenoxy) is 2. The Morgan fingerprint density at radius 3 is 3.17 bits per heavy atom. The van der Waals surface area contributed by atoms with Crippen molar-refractivity contribution >= 4 is 11.6 Å². The standard InChI is InChI=1S/C13H19ClN2O2/c1-15-7-10-6-13(16-8-12(10)14)18-9-11-4-2-3-5-17-11/h6,8,11,15H,2-5,7,9H2,1H3. The van der Waals surface area contributed by atoms with Crippen molar-refractivity contribution in [3.05, 3.63) is 22.8 Å². The Morgan fingerprint density at radius 1 is 1.56 bits per heavy atom. The summed E-state index contributed by atoms with van der Waals surface area (Å²) in [6.45, 7) is 2.11. The van der Waals surface area contributed by atoms with Gasteiger partial charge in [0.05, 0.1) is 11.1 Å². The molecule has 0 bridgehead atoms. The molecule has 2 rings (SSSR count). The van der Waals surface area contributed by atoms with Crippen LogP contribution in [0.1, 0.15) is 24.8 Å². The van der Waals surface area contributed by atoms with Crippen LogP contribution in [0.15, 0.2) is 12.3 Å². The fraction of sp³-hybridized carbons (Fsp3) is 0.615. The molecule has 1 N–H and O–H groups in total. The third-order valence-corrected chi connectivity index (χ3v) is 3.31. The van der Waals surface area contributed by atoms with E-state index in [1.165, 1.54) is 6.42 Å². The monoisotopic (exact) mass is 270 g/mol. The first-order valence-electron chi connectivity index (χ1n) is 6.33. The molecule has 1 saturated heterocycles. The van der Waals surface area contributed by atoms with Crippen molar-refractivity contribution in [3.63, 3.8) is 0 Å². The summed E-state index contributed by atoms with van der Waals surface area (Å²) < 4.78 is 11.3. The number of hydrogen-bond donors (Lipinski definition) is 1. The molecule has 2 heterocycles. The van der Waals surface area contributed by atoms with Gasteiger partial charge in [0.2, 0.25) is 5.88 Å². The van der Waals surface area contributed by atoms with Crippen LogP contribution in [0.25, 0.3) is 0 Å². The van der Waals surface area contributed by atoms with Crippen molar-refractivity contribution in [2.45, 2.75) is 31.9 Å². The molecule has 1 aromatic heterocycles. The molecule has 0 aromatic carbocycles. The minimum absolute atomic E-state index is 0.198. The topological polar surface area (TPSA) is 43.4 Å². The van der Waals surface area contributed by atoms with Crippen molar-refractivity contribution in [1.82, 2.24) is 10.3 Å². The van der Waals surface area contributed by atoms with E-state index in [1.807, 2.05) is 13.1 Å². The average Bonchev–Trinajstić information content (AvgIpc) is 2.41. The van der Waals surface area contributed by atoms with E-state index >= 15 is 0 Å². The second-order valence-electron chi connectivity index (χ2n) is 4.44. The third-order valence-electron chi connectivity index (χ3n) is 2.97. The Kier molecular flexibility index (Phi) is 5.23. The first-order valence-corrected chi connectivity index (χ1v) is 6.71. The lowest BCUT2D eigenvalue weighted by Crippen LogP contribution is -2.26. The number of rotatable bonds is 5. The zero-order chi connectivity index (χ0) is 12.8. The Morgan fingerprint density at radius 2 is 2.44 bits per heavy atom. The molecule has 100 valence electrons. The van der Waals surface area contributed by atoms with Gasteiger partial charge in [0.1, 0.15) is 6.61 Å². The largest absolute Gasteiger partial charge is 0.475 e. The second kappa shape index (κ2) is 6.92. The van der Waals surface area contributed by atoms with E-state index in [0.29, 0.717) is 24.1 Å². The van der Waals surface area contributed by atoms with Gasteiger partial charge >= 0.3 is 0 Å². The molecule has 0 spiro atoms. The number of aromatic nitrogens is 1. The van der Waals surface area contributed by atoms with E-state index in [-0.39, 0.29) is 6.10 Å². The summed E-state index contributed by atoms with van der Waals surface area (Å²) in [6, 6.07) is 1.88. The van der Waals surface area contributed by atoms with Gasteiger partial charge in [-0.3, -0.25) is 0 Å². The lowest BCUT2D eigenvalue weighted by molar-refractivity contribution is -0.0119. The number of hydrogen-bond acceptors (Lipinski definition) is 4. The highest BCUT2D eigenvalue weighted by Crippen LogP contribution is 2.20. The van der Waals surface area contributed by atoms with E-state index in [0.717, 1.165) is 25.0 Å². The first-order chi connectivity index (χ1) is 8.79. The van der Waals surface area contributed by atoms with Crippen molar-refractivity contribution in [1.29, 1.82) is 0 Å². The molecule has 0 saturated carbocycles. The Balaban J connectivity index is 1.90. The molecule has 5 heteroatoms. The van der Waals surface area contributed by atoms with E-state index in [2.05, 4.69) is 10.3 Å². The number of halogens is 1. The summed E-state index contributed by atoms with van der Waals surface area (Å²) in [5.41, 5.74) is 0.994. The molecule has 1 aliphatic rings. The van der Waals surface area contributed by atoms with Gasteiger partial charge in [-0.1, -0.05) is 11.6 Å². The van der Waals surface area contributed by atoms with Gasteiger partial charge in [-0.25, -0.2) is 4.98 Å². The number of pyridine rings is 1. The minimum atomic E-state index is 0.198. The molecule has 18 heavy (non-hydrogen) atoms. The van der Waals surface area contributed by atoms with Gasteiger partial charge in [0.15, 0.2) is 0 Å². The van der Waals surface area contributed by atoms with Crippen LogP contribution >= 0.6 is 11.6 Å². The molecule has 1 fully saturated rings. The zero-order valence-electron chi connectivity index (χ0n) is 10.6. The second-order valence-corrected chi connectivity index (χ2v) is 4.85. The smallest absolute Gasteiger partial charge is 0.213 e. The molecule has 0 aliphatic carbocycles.